The van der Waals surface area contributed by atoms with Gasteiger partial charge >= 0.3 is 0 Å². The maximum Gasteiger partial charge on any atom is 0.133 e. The highest BCUT2D eigenvalue weighted by molar-refractivity contribution is 5.19. The lowest BCUT2D eigenvalue weighted by molar-refractivity contribution is 0.544. The van der Waals surface area contributed by atoms with Crippen LogP contribution in [0.15, 0.2) is 111 Å². The molecule has 8 heterocycles. The van der Waals surface area contributed by atoms with Gasteiger partial charge < -0.3 is 0 Å². The molecule has 88 heavy (non-hydrogen) atoms. The molecule has 0 aliphatic rings. The topological polar surface area (TPSA) is 180 Å². The van der Waals surface area contributed by atoms with Crippen molar-refractivity contribution in [2.45, 2.75) is 265 Å². The summed E-state index contributed by atoms with van der Waals surface area (Å²) in [6, 6.07) is 8.39. The highest BCUT2D eigenvalue weighted by Crippen LogP contribution is 2.23. The fraction of sp³-hybridized carbons (Fsp3) is 0.541. The maximum absolute atomic E-state index is 4.35. The summed E-state index contributed by atoms with van der Waals surface area (Å²) in [7, 11) is 0. The Bertz CT molecular complexity index is 2510. The molecule has 0 aromatic carbocycles. The average molecular weight is 1200 g/mol. The Kier molecular flexibility index (Phi) is 30.4. The molecule has 8 rings (SSSR count). The van der Waals surface area contributed by atoms with Gasteiger partial charge in [-0.1, -0.05) is 178 Å². The zero-order chi connectivity index (χ0) is 67.9. The van der Waals surface area contributed by atoms with Gasteiger partial charge in [0.15, 0.2) is 0 Å². The van der Waals surface area contributed by atoms with Gasteiger partial charge in [0.25, 0.3) is 0 Å². The second-order valence-corrected chi connectivity index (χ2v) is 30.9. The van der Waals surface area contributed by atoms with E-state index in [0.717, 1.165) is 79.7 Å². The van der Waals surface area contributed by atoms with Gasteiger partial charge in [0.2, 0.25) is 0 Å². The van der Waals surface area contributed by atoms with Crippen LogP contribution in [0.3, 0.4) is 0 Å². The summed E-state index contributed by atoms with van der Waals surface area (Å²) in [6.07, 6.45) is 26.0. The Morgan fingerprint density at radius 1 is 0.170 bits per heavy atom. The summed E-state index contributed by atoms with van der Waals surface area (Å²) in [4.78, 5) is 59.6. The molecule has 0 amide bonds. The first kappa shape index (κ1) is 78.8. The van der Waals surface area contributed by atoms with Crippen molar-refractivity contribution in [1.29, 1.82) is 0 Å². The quantitative estimate of drug-likeness (QED) is 0.140. The van der Waals surface area contributed by atoms with Gasteiger partial charge in [0, 0.05) is 141 Å². The molecule has 0 atom stereocenters. The molecule has 14 nitrogen and oxygen atoms in total. The summed E-state index contributed by atoms with van der Waals surface area (Å²) >= 11 is 0. The monoisotopic (exact) mass is 1200 g/mol. The molecule has 0 aliphatic heterocycles. The highest BCUT2D eigenvalue weighted by atomic mass is 14.9. The lowest BCUT2D eigenvalue weighted by Gasteiger charge is -2.17. The van der Waals surface area contributed by atoms with Crippen molar-refractivity contribution >= 4 is 0 Å². The summed E-state index contributed by atoms with van der Waals surface area (Å²) < 4.78 is 0. The van der Waals surface area contributed by atoms with Crippen LogP contribution in [0.1, 0.15) is 257 Å². The molecule has 0 saturated carbocycles. The van der Waals surface area contributed by atoms with E-state index in [2.05, 4.69) is 274 Å². The summed E-state index contributed by atoms with van der Waals surface area (Å²) in [5.74, 6) is 4.53. The van der Waals surface area contributed by atoms with Crippen LogP contribution in [-0.2, 0) is 43.3 Å². The minimum atomic E-state index is 0.0632. The van der Waals surface area contributed by atoms with Crippen molar-refractivity contribution in [2.24, 2.45) is 0 Å². The van der Waals surface area contributed by atoms with E-state index in [1.807, 2.05) is 122 Å². The Balaban J connectivity index is 0.000000503. The molecule has 480 valence electrons. The van der Waals surface area contributed by atoms with Gasteiger partial charge in [-0.2, -0.15) is 0 Å². The van der Waals surface area contributed by atoms with Crippen molar-refractivity contribution < 1.29 is 0 Å². The van der Waals surface area contributed by atoms with Gasteiger partial charge in [-0.05, 0) is 106 Å². The molecule has 8 aromatic heterocycles. The molecular weight excluding hydrogens is 1080 g/mol. The first-order chi connectivity index (χ1) is 40.0. The van der Waals surface area contributed by atoms with Crippen molar-refractivity contribution in [3.63, 3.8) is 0 Å². The van der Waals surface area contributed by atoms with Gasteiger partial charge in [-0.15, -0.1) is 0 Å². The van der Waals surface area contributed by atoms with E-state index in [1.54, 1.807) is 6.20 Å². The molecule has 0 spiro atoms. The maximum atomic E-state index is 4.35. The van der Waals surface area contributed by atoms with E-state index in [9.17, 15) is 0 Å². The fourth-order valence-corrected chi connectivity index (χ4v) is 6.50. The van der Waals surface area contributed by atoms with E-state index in [0.29, 0.717) is 0 Å². The van der Waals surface area contributed by atoms with Gasteiger partial charge in [0.1, 0.15) is 29.1 Å². The van der Waals surface area contributed by atoms with Crippen molar-refractivity contribution in [3.05, 3.63) is 202 Å². The SMILES string of the molecule is Cc1ccc(C(C)(C)C)nc1.Cc1ccc(C(C)(C)C)nc1.Cc1cnc(C(C)(C)C)cn1.Cc1cnc(C(C)(C)C)nc1.Cc1cnc(C(C)(C)C)nc1.Cc1cnc(C(C)(C)C)nc1.Cc1cnc(C(C)(C)C)nc1.Cc1cnc(C(C)(C)C)nc1. The van der Waals surface area contributed by atoms with Crippen LogP contribution in [0.5, 0.6) is 0 Å². The second-order valence-electron chi connectivity index (χ2n) is 30.9. The first-order valence-corrected chi connectivity index (χ1v) is 30.6. The molecule has 14 heteroatoms. The molecule has 8 aromatic rings. The van der Waals surface area contributed by atoms with Crippen LogP contribution in [0.25, 0.3) is 0 Å². The molecule has 0 radical (unpaired) electrons. The Labute approximate surface area is 534 Å². The van der Waals surface area contributed by atoms with Gasteiger partial charge in [-0.3, -0.25) is 19.9 Å². The number of aryl methyl sites for hydroxylation is 8. The minimum absolute atomic E-state index is 0.0632. The number of hydrogen-bond donors (Lipinski definition) is 0. The van der Waals surface area contributed by atoms with Crippen LogP contribution in [-0.4, -0.2) is 69.8 Å². The Morgan fingerprint density at radius 2 is 0.352 bits per heavy atom. The molecule has 0 aliphatic carbocycles. The number of pyridine rings is 2. The second kappa shape index (κ2) is 33.9. The third kappa shape index (κ3) is 32.7. The number of rotatable bonds is 0. The van der Waals surface area contributed by atoms with Crippen molar-refractivity contribution in [3.8, 4) is 0 Å². The highest BCUT2D eigenvalue weighted by Gasteiger charge is 2.20. The zero-order valence-corrected chi connectivity index (χ0v) is 60.7. The summed E-state index contributed by atoms with van der Waals surface area (Å²) in [5.41, 5.74) is 13.1. The van der Waals surface area contributed by atoms with Crippen molar-refractivity contribution in [2.75, 3.05) is 0 Å². The zero-order valence-electron chi connectivity index (χ0n) is 60.7. The van der Waals surface area contributed by atoms with E-state index in [-0.39, 0.29) is 43.3 Å². The Morgan fingerprint density at radius 3 is 0.489 bits per heavy atom. The standard InChI is InChI=1S/2C10H15N.6C9H14N2/c2*1-8-5-6-9(11-7-8)10(2,3)4;1-7-5-11-8(6-10-7)9(2,3)4;5*1-7-5-10-8(11-6-7)9(2,3)4/h2*5-7H,1-4H3;6*5-6H,1-4H3. The molecule has 0 N–H and O–H groups in total. The molecule has 0 fully saturated rings. The van der Waals surface area contributed by atoms with E-state index < -0.39 is 0 Å². The lowest BCUT2D eigenvalue weighted by atomic mass is 9.91. The van der Waals surface area contributed by atoms with E-state index in [4.69, 9.17) is 0 Å². The number of hydrogen-bond acceptors (Lipinski definition) is 14. The minimum Gasteiger partial charge on any atom is -0.260 e. The van der Waals surface area contributed by atoms with Crippen LogP contribution >= 0.6 is 0 Å². The smallest absolute Gasteiger partial charge is 0.133 e. The molecule has 0 bridgehead atoms. The van der Waals surface area contributed by atoms with Gasteiger partial charge in [-0.25, -0.2) is 49.8 Å². The van der Waals surface area contributed by atoms with Crippen molar-refractivity contribution in [1.82, 2.24) is 69.8 Å². The molecule has 0 unspecified atom stereocenters. The third-order valence-corrected chi connectivity index (χ3v) is 12.2. The summed E-state index contributed by atoms with van der Waals surface area (Å²) in [5, 5.41) is 0. The number of nitrogens with zero attached hydrogens (tertiary/aromatic N) is 14. The van der Waals surface area contributed by atoms with Crippen LogP contribution < -0.4 is 0 Å². The lowest BCUT2D eigenvalue weighted by Crippen LogP contribution is -2.15. The average Bonchev–Trinajstić information content (AvgIpc) is 3.61. The normalized spacial score (nSPS) is 11.6. The van der Waals surface area contributed by atoms with E-state index in [1.165, 1.54) is 11.1 Å². The Hall–Kier alpha value is -7.22. The fourth-order valence-electron chi connectivity index (χ4n) is 6.50. The number of aromatic nitrogens is 14. The largest absolute Gasteiger partial charge is 0.260 e. The predicted octanol–water partition coefficient (Wildman–Crippen LogP) is 17.9. The first-order valence-electron chi connectivity index (χ1n) is 30.6. The van der Waals surface area contributed by atoms with Crippen LogP contribution in [0.4, 0.5) is 0 Å². The molecular formula is C74H114N14. The van der Waals surface area contributed by atoms with E-state index >= 15 is 0 Å². The van der Waals surface area contributed by atoms with Crippen LogP contribution in [0, 0.1) is 55.4 Å². The van der Waals surface area contributed by atoms with Gasteiger partial charge in [0.05, 0.1) is 11.4 Å². The van der Waals surface area contributed by atoms with Crippen LogP contribution in [0.2, 0.25) is 0 Å². The third-order valence-electron chi connectivity index (χ3n) is 12.2. The molecule has 0 saturated heterocycles. The summed E-state index contributed by atoms with van der Waals surface area (Å²) in [6.45, 7) is 67.1. The predicted molar refractivity (Wildman–Crippen MR) is 368 cm³/mol.